The molecule has 2 aromatic carbocycles. The Kier molecular flexibility index (Phi) is 5.60. The molecule has 4 nitrogen and oxygen atoms in total. The van der Waals surface area contributed by atoms with Crippen molar-refractivity contribution in [3.8, 4) is 22.4 Å². The van der Waals surface area contributed by atoms with Crippen molar-refractivity contribution < 1.29 is 4.39 Å². The van der Waals surface area contributed by atoms with Crippen LogP contribution in [0, 0.1) is 19.7 Å². The van der Waals surface area contributed by atoms with E-state index in [1.165, 1.54) is 27.9 Å². The minimum Gasteiger partial charge on any atom is -0.363 e. The number of aromatic nitrogens is 3. The molecular formula is C27H23FN4S. The Labute approximate surface area is 196 Å². The summed E-state index contributed by atoms with van der Waals surface area (Å²) in [7, 11) is 0. The van der Waals surface area contributed by atoms with Crippen molar-refractivity contribution >= 4 is 27.2 Å². The topological polar surface area (TPSA) is 50.7 Å². The van der Waals surface area contributed by atoms with Gasteiger partial charge in [0.1, 0.15) is 17.5 Å². The zero-order chi connectivity index (χ0) is 22.9. The molecule has 0 amide bonds. The van der Waals surface area contributed by atoms with Crippen molar-refractivity contribution in [2.75, 3.05) is 5.32 Å². The summed E-state index contributed by atoms with van der Waals surface area (Å²) < 4.78 is 14.9. The normalized spacial score (nSPS) is 12.1. The zero-order valence-corrected chi connectivity index (χ0v) is 19.4. The van der Waals surface area contributed by atoms with E-state index in [4.69, 9.17) is 0 Å². The van der Waals surface area contributed by atoms with Gasteiger partial charge < -0.3 is 5.32 Å². The average Bonchev–Trinajstić information content (AvgIpc) is 3.19. The second-order valence-corrected chi connectivity index (χ2v) is 9.11. The number of nitrogens with zero attached hydrogens (tertiary/aromatic N) is 3. The summed E-state index contributed by atoms with van der Waals surface area (Å²) in [5.74, 6) is 1.14. The third kappa shape index (κ3) is 4.47. The number of anilines is 1. The molecule has 3 heterocycles. The van der Waals surface area contributed by atoms with Crippen LogP contribution in [0.4, 0.5) is 10.2 Å². The molecule has 0 saturated carbocycles. The van der Waals surface area contributed by atoms with Crippen LogP contribution in [0.3, 0.4) is 0 Å². The smallest absolute Gasteiger partial charge is 0.142 e. The third-order valence-corrected chi connectivity index (χ3v) is 6.77. The fourth-order valence-corrected chi connectivity index (χ4v) is 4.89. The van der Waals surface area contributed by atoms with Crippen LogP contribution in [0.2, 0.25) is 0 Å². The fraction of sp³-hybridized carbons (Fsp3) is 0.148. The lowest BCUT2D eigenvalue weighted by molar-refractivity contribution is 0.622. The van der Waals surface area contributed by atoms with E-state index < -0.39 is 0 Å². The molecule has 0 unspecified atom stereocenters. The van der Waals surface area contributed by atoms with Crippen LogP contribution < -0.4 is 5.32 Å². The first-order valence-electron chi connectivity index (χ1n) is 10.8. The predicted molar refractivity (Wildman–Crippen MR) is 134 cm³/mol. The van der Waals surface area contributed by atoms with Crippen molar-refractivity contribution in [1.82, 2.24) is 15.0 Å². The van der Waals surface area contributed by atoms with Crippen LogP contribution in [-0.2, 0) is 0 Å². The van der Waals surface area contributed by atoms with E-state index in [0.717, 1.165) is 33.8 Å². The number of hydrogen-bond acceptors (Lipinski definition) is 5. The lowest BCUT2D eigenvalue weighted by Crippen LogP contribution is -2.09. The largest absolute Gasteiger partial charge is 0.363 e. The van der Waals surface area contributed by atoms with Gasteiger partial charge in [0.15, 0.2) is 0 Å². The Bertz CT molecular complexity index is 1460. The van der Waals surface area contributed by atoms with E-state index in [2.05, 4.69) is 69.8 Å². The molecule has 0 radical (unpaired) electrons. The van der Waals surface area contributed by atoms with E-state index in [0.29, 0.717) is 5.82 Å². The number of fused-ring (bicyclic) bond motifs is 1. The molecular weight excluding hydrogens is 431 g/mol. The second-order valence-electron chi connectivity index (χ2n) is 8.20. The van der Waals surface area contributed by atoms with Crippen molar-refractivity contribution in [1.29, 1.82) is 0 Å². The summed E-state index contributed by atoms with van der Waals surface area (Å²) in [5.41, 5.74) is 6.00. The minimum atomic E-state index is -0.344. The number of hydrogen-bond donors (Lipinski definition) is 1. The molecule has 5 aromatic rings. The zero-order valence-electron chi connectivity index (χ0n) is 18.6. The van der Waals surface area contributed by atoms with Gasteiger partial charge in [-0.25, -0.2) is 14.4 Å². The van der Waals surface area contributed by atoms with Gasteiger partial charge in [0, 0.05) is 34.1 Å². The van der Waals surface area contributed by atoms with Crippen LogP contribution in [0.25, 0.3) is 32.5 Å². The Morgan fingerprint density at radius 2 is 1.79 bits per heavy atom. The van der Waals surface area contributed by atoms with Gasteiger partial charge in [0.2, 0.25) is 0 Å². The van der Waals surface area contributed by atoms with Crippen molar-refractivity contribution in [2.24, 2.45) is 0 Å². The van der Waals surface area contributed by atoms with E-state index in [9.17, 15) is 4.39 Å². The highest BCUT2D eigenvalue weighted by Crippen LogP contribution is 2.31. The van der Waals surface area contributed by atoms with Gasteiger partial charge in [-0.05, 0) is 72.5 Å². The highest BCUT2D eigenvalue weighted by molar-refractivity contribution is 7.17. The van der Waals surface area contributed by atoms with Gasteiger partial charge in [-0.3, -0.25) is 4.98 Å². The van der Waals surface area contributed by atoms with Crippen LogP contribution in [0.5, 0.6) is 0 Å². The van der Waals surface area contributed by atoms with Crippen LogP contribution in [0.1, 0.15) is 29.9 Å². The van der Waals surface area contributed by atoms with Gasteiger partial charge in [-0.15, -0.1) is 11.3 Å². The van der Waals surface area contributed by atoms with Crippen LogP contribution in [-0.4, -0.2) is 15.0 Å². The number of benzene rings is 2. The Morgan fingerprint density at radius 3 is 2.64 bits per heavy atom. The molecule has 0 aliphatic heterocycles. The standard InChI is InChI=1S/C27H23FN4S/c1-16-15-33-26-8-7-21(11-24(16)26)25-12-27(32-18(3)31-25)30-17(2)19-5-4-6-20(9-19)22-10-23(28)14-29-13-22/h4-15,17H,1-3H3,(H,30,31,32)/t17-/m0/s1. The lowest BCUT2D eigenvalue weighted by atomic mass is 10.0. The SMILES string of the molecule is Cc1nc(N[C@@H](C)c2cccc(-c3cncc(F)c3)c2)cc(-c2ccc3scc(C)c3c2)n1. The second kappa shape index (κ2) is 8.71. The Balaban J connectivity index is 1.43. The Morgan fingerprint density at radius 1 is 0.909 bits per heavy atom. The number of aryl methyl sites for hydroxylation is 2. The van der Waals surface area contributed by atoms with Crippen molar-refractivity contribution in [3.05, 3.63) is 95.1 Å². The van der Waals surface area contributed by atoms with Crippen LogP contribution in [0.15, 0.2) is 72.4 Å². The summed E-state index contributed by atoms with van der Waals surface area (Å²) in [5, 5.41) is 6.95. The van der Waals surface area contributed by atoms with Gasteiger partial charge in [0.25, 0.3) is 0 Å². The van der Waals surface area contributed by atoms with Crippen molar-refractivity contribution in [2.45, 2.75) is 26.8 Å². The summed E-state index contributed by atoms with van der Waals surface area (Å²) in [6, 6.07) is 18.0. The highest BCUT2D eigenvalue weighted by Gasteiger charge is 2.12. The number of rotatable bonds is 5. The lowest BCUT2D eigenvalue weighted by Gasteiger charge is -2.17. The first-order chi connectivity index (χ1) is 16.0. The number of nitrogens with one attached hydrogen (secondary N) is 1. The molecule has 3 aromatic heterocycles. The summed E-state index contributed by atoms with van der Waals surface area (Å²) >= 11 is 1.76. The minimum absolute atomic E-state index is 0.00443. The van der Waals surface area contributed by atoms with Crippen LogP contribution >= 0.6 is 11.3 Å². The van der Waals surface area contributed by atoms with Gasteiger partial charge in [0.05, 0.1) is 11.9 Å². The molecule has 0 aliphatic rings. The van der Waals surface area contributed by atoms with E-state index >= 15 is 0 Å². The molecule has 164 valence electrons. The van der Waals surface area contributed by atoms with E-state index in [1.54, 1.807) is 17.5 Å². The summed E-state index contributed by atoms with van der Waals surface area (Å²) in [6.07, 6.45) is 2.89. The van der Waals surface area contributed by atoms with E-state index in [-0.39, 0.29) is 11.9 Å². The molecule has 1 atom stereocenters. The molecule has 0 spiro atoms. The van der Waals surface area contributed by atoms with Gasteiger partial charge >= 0.3 is 0 Å². The molecule has 33 heavy (non-hydrogen) atoms. The molecule has 0 fully saturated rings. The molecule has 0 aliphatic carbocycles. The van der Waals surface area contributed by atoms with Gasteiger partial charge in [-0.1, -0.05) is 24.3 Å². The number of halogens is 1. The number of thiophene rings is 1. The highest BCUT2D eigenvalue weighted by atomic mass is 32.1. The van der Waals surface area contributed by atoms with Crippen molar-refractivity contribution in [3.63, 3.8) is 0 Å². The third-order valence-electron chi connectivity index (χ3n) is 5.69. The van der Waals surface area contributed by atoms with Gasteiger partial charge in [-0.2, -0.15) is 0 Å². The monoisotopic (exact) mass is 454 g/mol. The molecule has 1 N–H and O–H groups in total. The maximum Gasteiger partial charge on any atom is 0.142 e. The predicted octanol–water partition coefficient (Wildman–Crippen LogP) is 7.35. The molecule has 6 heteroatoms. The Hall–Kier alpha value is -3.64. The molecule has 0 saturated heterocycles. The van der Waals surface area contributed by atoms with E-state index in [1.807, 2.05) is 25.1 Å². The number of pyridine rings is 1. The summed E-state index contributed by atoms with van der Waals surface area (Å²) in [4.78, 5) is 13.2. The summed E-state index contributed by atoms with van der Waals surface area (Å²) in [6.45, 7) is 6.13. The maximum atomic E-state index is 13.6. The molecule has 5 rings (SSSR count). The quantitative estimate of drug-likeness (QED) is 0.302. The molecule has 0 bridgehead atoms. The average molecular weight is 455 g/mol. The maximum absolute atomic E-state index is 13.6. The first-order valence-corrected chi connectivity index (χ1v) is 11.7. The first kappa shape index (κ1) is 21.2. The fourth-order valence-electron chi connectivity index (χ4n) is 3.97.